The van der Waals surface area contributed by atoms with Crippen molar-refractivity contribution in [1.82, 2.24) is 9.55 Å². The van der Waals surface area contributed by atoms with Crippen LogP contribution in [-0.2, 0) is 16.7 Å². The fourth-order valence-electron chi connectivity index (χ4n) is 2.14. The second-order valence-electron chi connectivity index (χ2n) is 4.38. The van der Waals surface area contributed by atoms with E-state index in [9.17, 15) is 8.60 Å². The normalized spacial score (nSPS) is 14.8. The van der Waals surface area contributed by atoms with Gasteiger partial charge in [0, 0.05) is 34.9 Å². The van der Waals surface area contributed by atoms with E-state index in [1.807, 2.05) is 11.5 Å². The van der Waals surface area contributed by atoms with Crippen LogP contribution in [0.1, 0.15) is 18.8 Å². The predicted octanol–water partition coefficient (Wildman–Crippen LogP) is 3.51. The third kappa shape index (κ3) is 2.93. The van der Waals surface area contributed by atoms with E-state index in [2.05, 4.69) is 4.98 Å². The molecule has 0 saturated heterocycles. The topological polar surface area (TPSA) is 34.9 Å². The molecule has 0 aliphatic carbocycles. The minimum Gasteiger partial charge on any atom is -0.323 e. The van der Waals surface area contributed by atoms with Crippen LogP contribution in [-0.4, -0.2) is 25.8 Å². The molecule has 1 heterocycles. The molecule has 0 aliphatic heterocycles. The van der Waals surface area contributed by atoms with Crippen LogP contribution in [0.2, 0.25) is 5.02 Å². The number of hydrogen-bond acceptors (Lipinski definition) is 2. The van der Waals surface area contributed by atoms with E-state index in [4.69, 9.17) is 23.2 Å². The van der Waals surface area contributed by atoms with Crippen molar-refractivity contribution in [3.8, 4) is 0 Å². The van der Waals surface area contributed by atoms with Crippen molar-refractivity contribution in [3.63, 3.8) is 0 Å². The van der Waals surface area contributed by atoms with Crippen molar-refractivity contribution in [2.45, 2.75) is 18.8 Å². The highest BCUT2D eigenvalue weighted by molar-refractivity contribution is 7.84. The lowest BCUT2D eigenvalue weighted by atomic mass is 10.3. The van der Waals surface area contributed by atoms with Crippen LogP contribution >= 0.6 is 23.2 Å². The summed E-state index contributed by atoms with van der Waals surface area (Å²) in [5, 5.41) is 0.0324. The maximum Gasteiger partial charge on any atom is 0.144 e. The average molecular weight is 323 g/mol. The standard InChI is InChI=1S/C12H13Cl2FN2OS/c1-7(6-19(2)18)17-11-4-9(15)8(14)3-10(11)16-12(17)5-13/h3-4,7H,5-6H2,1-2H3. The monoisotopic (exact) mass is 322 g/mol. The predicted molar refractivity (Wildman–Crippen MR) is 77.9 cm³/mol. The zero-order valence-corrected chi connectivity index (χ0v) is 12.8. The van der Waals surface area contributed by atoms with Gasteiger partial charge < -0.3 is 4.57 Å². The van der Waals surface area contributed by atoms with Crippen molar-refractivity contribution in [1.29, 1.82) is 0 Å². The van der Waals surface area contributed by atoms with Crippen LogP contribution in [0.25, 0.3) is 11.0 Å². The smallest absolute Gasteiger partial charge is 0.144 e. The summed E-state index contributed by atoms with van der Waals surface area (Å²) < 4.78 is 26.8. The van der Waals surface area contributed by atoms with Gasteiger partial charge in [-0.25, -0.2) is 9.37 Å². The Bertz CT molecular complexity index is 644. The number of rotatable bonds is 4. The molecule has 0 amide bonds. The van der Waals surface area contributed by atoms with Gasteiger partial charge in [-0.05, 0) is 13.0 Å². The summed E-state index contributed by atoms with van der Waals surface area (Å²) in [6.45, 7) is 1.91. The molecule has 0 aliphatic rings. The van der Waals surface area contributed by atoms with Crippen LogP contribution in [0, 0.1) is 5.82 Å². The summed E-state index contributed by atoms with van der Waals surface area (Å²) in [5.41, 5.74) is 1.21. The molecule has 0 saturated carbocycles. The first kappa shape index (κ1) is 14.8. The highest BCUT2D eigenvalue weighted by atomic mass is 35.5. The lowest BCUT2D eigenvalue weighted by Crippen LogP contribution is -2.15. The molecule has 1 aromatic heterocycles. The maximum absolute atomic E-state index is 13.6. The number of fused-ring (bicyclic) bond motifs is 1. The Hall–Kier alpha value is -0.650. The number of hydrogen-bond donors (Lipinski definition) is 0. The molecule has 2 atom stereocenters. The second kappa shape index (κ2) is 5.77. The van der Waals surface area contributed by atoms with Crippen LogP contribution < -0.4 is 0 Å². The van der Waals surface area contributed by atoms with E-state index in [0.717, 1.165) is 0 Å². The zero-order valence-electron chi connectivity index (χ0n) is 10.5. The van der Waals surface area contributed by atoms with Gasteiger partial charge in [0.05, 0.1) is 21.9 Å². The molecule has 0 radical (unpaired) electrons. The average Bonchev–Trinajstić information content (AvgIpc) is 2.66. The van der Waals surface area contributed by atoms with E-state index in [0.29, 0.717) is 22.6 Å². The summed E-state index contributed by atoms with van der Waals surface area (Å²) in [5.74, 6) is 0.784. The van der Waals surface area contributed by atoms with Crippen molar-refractivity contribution in [2.75, 3.05) is 12.0 Å². The SMILES string of the molecule is CC(CS(C)=O)n1c(CCl)nc2cc(Cl)c(F)cc21. The van der Waals surface area contributed by atoms with Crippen molar-refractivity contribution in [3.05, 3.63) is 28.8 Å². The molecule has 0 fully saturated rings. The molecular weight excluding hydrogens is 310 g/mol. The lowest BCUT2D eigenvalue weighted by molar-refractivity contribution is 0.590. The number of halogens is 3. The second-order valence-corrected chi connectivity index (χ2v) is 6.53. The Morgan fingerprint density at radius 3 is 2.79 bits per heavy atom. The molecule has 7 heteroatoms. The molecule has 2 rings (SSSR count). The molecule has 19 heavy (non-hydrogen) atoms. The first-order valence-corrected chi connectivity index (χ1v) is 8.29. The fourth-order valence-corrected chi connectivity index (χ4v) is 3.32. The van der Waals surface area contributed by atoms with Crippen LogP contribution in [0.15, 0.2) is 12.1 Å². The van der Waals surface area contributed by atoms with Gasteiger partial charge in [-0.2, -0.15) is 0 Å². The van der Waals surface area contributed by atoms with Gasteiger partial charge >= 0.3 is 0 Å². The highest BCUT2D eigenvalue weighted by Gasteiger charge is 2.18. The van der Waals surface area contributed by atoms with E-state index < -0.39 is 16.6 Å². The van der Waals surface area contributed by atoms with E-state index in [-0.39, 0.29) is 16.9 Å². The minimum atomic E-state index is -0.955. The quantitative estimate of drug-likeness (QED) is 0.807. The zero-order chi connectivity index (χ0) is 14.2. The van der Waals surface area contributed by atoms with E-state index in [1.165, 1.54) is 12.1 Å². The molecule has 0 spiro atoms. The van der Waals surface area contributed by atoms with E-state index in [1.54, 1.807) is 6.26 Å². The lowest BCUT2D eigenvalue weighted by Gasteiger charge is -2.15. The maximum atomic E-state index is 13.6. The number of nitrogens with zero attached hydrogens (tertiary/aromatic N) is 2. The summed E-state index contributed by atoms with van der Waals surface area (Å²) in [6.07, 6.45) is 1.63. The molecule has 104 valence electrons. The Labute approximate surface area is 123 Å². The van der Waals surface area contributed by atoms with Gasteiger partial charge in [0.1, 0.15) is 11.6 Å². The number of alkyl halides is 1. The first-order chi connectivity index (χ1) is 8.93. The Morgan fingerprint density at radius 2 is 2.21 bits per heavy atom. The van der Waals surface area contributed by atoms with Crippen LogP contribution in [0.3, 0.4) is 0 Å². The first-order valence-electron chi connectivity index (χ1n) is 5.66. The number of aromatic nitrogens is 2. The van der Waals surface area contributed by atoms with Gasteiger partial charge in [0.25, 0.3) is 0 Å². The molecule has 2 aromatic rings. The largest absolute Gasteiger partial charge is 0.323 e. The fraction of sp³-hybridized carbons (Fsp3) is 0.417. The van der Waals surface area contributed by atoms with Gasteiger partial charge in [-0.15, -0.1) is 11.6 Å². The Morgan fingerprint density at radius 1 is 1.53 bits per heavy atom. The van der Waals surface area contributed by atoms with Crippen molar-refractivity contribution in [2.24, 2.45) is 0 Å². The summed E-state index contributed by atoms with van der Waals surface area (Å²) in [6, 6.07) is 2.75. The van der Waals surface area contributed by atoms with Gasteiger partial charge in [0.2, 0.25) is 0 Å². The summed E-state index contributed by atoms with van der Waals surface area (Å²) in [7, 11) is -0.955. The minimum absolute atomic E-state index is 0.0324. The number of imidazole rings is 1. The highest BCUT2D eigenvalue weighted by Crippen LogP contribution is 2.27. The van der Waals surface area contributed by atoms with E-state index >= 15 is 0 Å². The summed E-state index contributed by atoms with van der Waals surface area (Å²) in [4.78, 5) is 4.34. The summed E-state index contributed by atoms with van der Waals surface area (Å²) >= 11 is 11.6. The number of benzene rings is 1. The van der Waals surface area contributed by atoms with Crippen LogP contribution in [0.4, 0.5) is 4.39 Å². The molecule has 2 unspecified atom stereocenters. The Kier molecular flexibility index (Phi) is 4.48. The molecule has 0 N–H and O–H groups in total. The third-order valence-corrected chi connectivity index (χ3v) is 4.32. The Balaban J connectivity index is 2.62. The molecular formula is C12H13Cl2FN2OS. The van der Waals surface area contributed by atoms with Crippen molar-refractivity contribution >= 4 is 45.0 Å². The third-order valence-electron chi connectivity index (χ3n) is 2.84. The van der Waals surface area contributed by atoms with Crippen molar-refractivity contribution < 1.29 is 8.60 Å². The van der Waals surface area contributed by atoms with Gasteiger partial charge in [-0.1, -0.05) is 11.6 Å². The molecule has 1 aromatic carbocycles. The van der Waals surface area contributed by atoms with Crippen LogP contribution in [0.5, 0.6) is 0 Å². The van der Waals surface area contributed by atoms with Gasteiger partial charge in [-0.3, -0.25) is 4.21 Å². The molecule has 3 nitrogen and oxygen atoms in total. The molecule has 0 bridgehead atoms. The van der Waals surface area contributed by atoms with Gasteiger partial charge in [0.15, 0.2) is 0 Å².